The van der Waals surface area contributed by atoms with Crippen molar-refractivity contribution in [2.45, 2.75) is 38.0 Å². The van der Waals surface area contributed by atoms with Gasteiger partial charge in [-0.15, -0.1) is 0 Å². The van der Waals surface area contributed by atoms with Crippen LogP contribution in [0.1, 0.15) is 31.7 Å². The van der Waals surface area contributed by atoms with E-state index in [9.17, 15) is 13.2 Å². The van der Waals surface area contributed by atoms with Crippen molar-refractivity contribution in [1.82, 2.24) is 15.4 Å². The molecule has 0 radical (unpaired) electrons. The second-order valence-corrected chi connectivity index (χ2v) is 8.62. The van der Waals surface area contributed by atoms with E-state index < -0.39 is 10.0 Å². The first-order chi connectivity index (χ1) is 11.9. The summed E-state index contributed by atoms with van der Waals surface area (Å²) in [6.45, 7) is 6.53. The largest absolute Gasteiger partial charge is 0.355 e. The molecule has 1 amide bonds. The molecule has 0 aromatic heterocycles. The normalized spacial score (nSPS) is 19.4. The molecule has 25 heavy (non-hydrogen) atoms. The number of nitrogens with one attached hydrogen (secondary N) is 3. The second kappa shape index (κ2) is 9.31. The molecule has 7 heteroatoms. The Hall–Kier alpha value is -1.44. The van der Waals surface area contributed by atoms with Crippen LogP contribution in [0.25, 0.3) is 0 Å². The molecule has 1 saturated heterocycles. The summed E-state index contributed by atoms with van der Waals surface area (Å²) < 4.78 is 26.8. The highest BCUT2D eigenvalue weighted by Gasteiger charge is 2.22. The van der Waals surface area contributed by atoms with Crippen LogP contribution in [0.5, 0.6) is 0 Å². The van der Waals surface area contributed by atoms with Crippen LogP contribution < -0.4 is 15.4 Å². The molecule has 1 aromatic rings. The average molecular weight is 368 g/mol. The summed E-state index contributed by atoms with van der Waals surface area (Å²) in [4.78, 5) is 12.3. The summed E-state index contributed by atoms with van der Waals surface area (Å²) in [5.74, 6) is 0.851. The van der Waals surface area contributed by atoms with E-state index in [-0.39, 0.29) is 17.3 Å². The lowest BCUT2D eigenvalue weighted by atomic mass is 9.85. The van der Waals surface area contributed by atoms with Crippen molar-refractivity contribution in [3.63, 3.8) is 0 Å². The fraction of sp³-hybridized carbons (Fsp3) is 0.611. The van der Waals surface area contributed by atoms with Crippen molar-refractivity contribution in [3.05, 3.63) is 29.8 Å². The average Bonchev–Trinajstić information content (AvgIpc) is 2.60. The van der Waals surface area contributed by atoms with Gasteiger partial charge < -0.3 is 10.6 Å². The molecule has 1 heterocycles. The summed E-state index contributed by atoms with van der Waals surface area (Å²) in [6.07, 6.45) is 2.81. The first kappa shape index (κ1) is 19.9. The highest BCUT2D eigenvalue weighted by atomic mass is 32.2. The maximum atomic E-state index is 12.1. The molecule has 1 aromatic carbocycles. The molecule has 140 valence electrons. The zero-order valence-corrected chi connectivity index (χ0v) is 15.9. The standard InChI is InChI=1S/C18H29N3O3S/c1-14-5-7-17(8-6-14)25(23,24)21-11-10-20-18(22)12-15(2)16-4-3-9-19-13-16/h5-8,15-16,19,21H,3-4,9-13H2,1-2H3,(H,20,22). The number of sulfonamides is 1. The smallest absolute Gasteiger partial charge is 0.240 e. The molecule has 0 saturated carbocycles. The lowest BCUT2D eigenvalue weighted by Gasteiger charge is -2.28. The molecular weight excluding hydrogens is 338 g/mol. The van der Waals surface area contributed by atoms with E-state index in [1.165, 1.54) is 0 Å². The molecule has 2 atom stereocenters. The maximum absolute atomic E-state index is 12.1. The van der Waals surface area contributed by atoms with Gasteiger partial charge in [0.25, 0.3) is 0 Å². The van der Waals surface area contributed by atoms with Gasteiger partial charge >= 0.3 is 0 Å². The van der Waals surface area contributed by atoms with Gasteiger partial charge in [-0.2, -0.15) is 0 Å². The fourth-order valence-electron chi connectivity index (χ4n) is 3.08. The Kier molecular flexibility index (Phi) is 7.40. The Morgan fingerprint density at radius 2 is 2.00 bits per heavy atom. The van der Waals surface area contributed by atoms with Crippen molar-refractivity contribution < 1.29 is 13.2 Å². The Morgan fingerprint density at radius 1 is 1.28 bits per heavy atom. The molecule has 1 fully saturated rings. The van der Waals surface area contributed by atoms with E-state index in [0.29, 0.717) is 24.8 Å². The molecule has 1 aliphatic heterocycles. The topological polar surface area (TPSA) is 87.3 Å². The quantitative estimate of drug-likeness (QED) is 0.607. The Balaban J connectivity index is 1.69. The molecule has 0 aliphatic carbocycles. The van der Waals surface area contributed by atoms with Crippen molar-refractivity contribution in [3.8, 4) is 0 Å². The Morgan fingerprint density at radius 3 is 2.64 bits per heavy atom. The van der Waals surface area contributed by atoms with Crippen LogP contribution in [0.3, 0.4) is 0 Å². The monoisotopic (exact) mass is 367 g/mol. The van der Waals surface area contributed by atoms with Gasteiger partial charge in [0.2, 0.25) is 15.9 Å². The number of rotatable bonds is 8. The van der Waals surface area contributed by atoms with Crippen molar-refractivity contribution in [1.29, 1.82) is 0 Å². The predicted octanol–water partition coefficient (Wildman–Crippen LogP) is 1.42. The van der Waals surface area contributed by atoms with Gasteiger partial charge in [0.15, 0.2) is 0 Å². The summed E-state index contributed by atoms with van der Waals surface area (Å²) >= 11 is 0. The minimum atomic E-state index is -3.52. The summed E-state index contributed by atoms with van der Waals surface area (Å²) in [5, 5.41) is 6.17. The zero-order valence-electron chi connectivity index (χ0n) is 15.0. The first-order valence-electron chi connectivity index (χ1n) is 8.92. The number of carbonyl (C=O) groups is 1. The number of hydrogen-bond acceptors (Lipinski definition) is 4. The fourth-order valence-corrected chi connectivity index (χ4v) is 4.12. The molecule has 0 bridgehead atoms. The van der Waals surface area contributed by atoms with E-state index in [0.717, 1.165) is 31.5 Å². The third-order valence-corrected chi connectivity index (χ3v) is 6.19. The van der Waals surface area contributed by atoms with E-state index >= 15 is 0 Å². The SMILES string of the molecule is Cc1ccc(S(=O)(=O)NCCNC(=O)CC(C)C2CCCNC2)cc1. The van der Waals surface area contributed by atoms with Gasteiger partial charge in [-0.25, -0.2) is 13.1 Å². The van der Waals surface area contributed by atoms with Crippen LogP contribution >= 0.6 is 0 Å². The van der Waals surface area contributed by atoms with Gasteiger partial charge in [-0.05, 0) is 56.8 Å². The highest BCUT2D eigenvalue weighted by molar-refractivity contribution is 7.89. The number of hydrogen-bond donors (Lipinski definition) is 3. The first-order valence-corrected chi connectivity index (χ1v) is 10.4. The minimum Gasteiger partial charge on any atom is -0.355 e. The second-order valence-electron chi connectivity index (χ2n) is 6.85. The highest BCUT2D eigenvalue weighted by Crippen LogP contribution is 2.22. The number of benzene rings is 1. The van der Waals surface area contributed by atoms with Gasteiger partial charge in [-0.1, -0.05) is 24.6 Å². The maximum Gasteiger partial charge on any atom is 0.240 e. The van der Waals surface area contributed by atoms with E-state index in [1.54, 1.807) is 24.3 Å². The molecule has 1 aliphatic rings. The van der Waals surface area contributed by atoms with Gasteiger partial charge in [0.1, 0.15) is 0 Å². The minimum absolute atomic E-state index is 0.0207. The van der Waals surface area contributed by atoms with Crippen LogP contribution in [0.4, 0.5) is 0 Å². The predicted molar refractivity (Wildman–Crippen MR) is 98.8 cm³/mol. The molecule has 3 N–H and O–H groups in total. The van der Waals surface area contributed by atoms with Crippen LogP contribution in [-0.4, -0.2) is 40.5 Å². The number of amides is 1. The summed E-state index contributed by atoms with van der Waals surface area (Å²) in [6, 6.07) is 6.68. The number of piperidine rings is 1. The van der Waals surface area contributed by atoms with E-state index in [1.807, 2.05) is 6.92 Å². The summed E-state index contributed by atoms with van der Waals surface area (Å²) in [7, 11) is -3.52. The number of aryl methyl sites for hydroxylation is 1. The molecule has 6 nitrogen and oxygen atoms in total. The Bertz CT molecular complexity index is 653. The van der Waals surface area contributed by atoms with Crippen molar-refractivity contribution >= 4 is 15.9 Å². The third-order valence-electron chi connectivity index (χ3n) is 4.72. The van der Waals surface area contributed by atoms with Crippen LogP contribution in [0.15, 0.2) is 29.2 Å². The van der Waals surface area contributed by atoms with Crippen LogP contribution in [0, 0.1) is 18.8 Å². The number of carbonyl (C=O) groups excluding carboxylic acids is 1. The van der Waals surface area contributed by atoms with Crippen molar-refractivity contribution in [2.75, 3.05) is 26.2 Å². The Labute approximate surface area is 150 Å². The van der Waals surface area contributed by atoms with Crippen LogP contribution in [-0.2, 0) is 14.8 Å². The molecule has 2 rings (SSSR count). The molecular formula is C18H29N3O3S. The van der Waals surface area contributed by atoms with Gasteiger partial charge in [0, 0.05) is 19.5 Å². The lowest BCUT2D eigenvalue weighted by Crippen LogP contribution is -2.37. The van der Waals surface area contributed by atoms with E-state index in [4.69, 9.17) is 0 Å². The zero-order chi connectivity index (χ0) is 18.3. The third kappa shape index (κ3) is 6.41. The van der Waals surface area contributed by atoms with Crippen molar-refractivity contribution in [2.24, 2.45) is 11.8 Å². The lowest BCUT2D eigenvalue weighted by molar-refractivity contribution is -0.122. The van der Waals surface area contributed by atoms with E-state index in [2.05, 4.69) is 22.3 Å². The summed E-state index contributed by atoms with van der Waals surface area (Å²) in [5.41, 5.74) is 1.01. The molecule has 0 spiro atoms. The van der Waals surface area contributed by atoms with Crippen LogP contribution in [0.2, 0.25) is 0 Å². The van der Waals surface area contributed by atoms with Gasteiger partial charge in [-0.3, -0.25) is 4.79 Å². The van der Waals surface area contributed by atoms with Gasteiger partial charge in [0.05, 0.1) is 4.90 Å². The molecule has 2 unspecified atom stereocenters.